The van der Waals surface area contributed by atoms with E-state index >= 15 is 0 Å². The maximum atomic E-state index is 4.63. The molecule has 0 saturated carbocycles. The highest BCUT2D eigenvalue weighted by Gasteiger charge is 2.18. The number of hydrogen-bond acceptors (Lipinski definition) is 8. The Morgan fingerprint density at radius 1 is 0.417 bits per heavy atom. The van der Waals surface area contributed by atoms with E-state index < -0.39 is 0 Å². The lowest BCUT2D eigenvalue weighted by Crippen LogP contribution is -2.39. The molecule has 0 radical (unpaired) electrons. The van der Waals surface area contributed by atoms with Crippen LogP contribution in [0.15, 0.2) is 142 Å². The minimum absolute atomic E-state index is 0.569. The van der Waals surface area contributed by atoms with Crippen molar-refractivity contribution >= 4 is 34.1 Å². The normalized spacial score (nSPS) is 12.1. The average molecular weight is 473 g/mol. The topological polar surface area (TPSA) is 97.6 Å². The molecule has 0 bridgehead atoms. The molecule has 0 unspecified atom stereocenters. The summed E-state index contributed by atoms with van der Waals surface area (Å²) in [5.74, 6) is 0. The van der Waals surface area contributed by atoms with Gasteiger partial charge in [-0.25, -0.2) is 0 Å². The highest BCUT2D eigenvalue weighted by molar-refractivity contribution is 5.72. The van der Waals surface area contributed by atoms with Gasteiger partial charge in [0.05, 0.1) is 22.7 Å². The van der Waals surface area contributed by atoms with E-state index in [1.165, 1.54) is 0 Å². The van der Waals surface area contributed by atoms with Crippen molar-refractivity contribution in [1.82, 2.24) is 0 Å². The molecule has 0 aliphatic carbocycles. The fourth-order valence-electron chi connectivity index (χ4n) is 3.35. The van der Waals surface area contributed by atoms with E-state index in [-0.39, 0.29) is 0 Å². The Hall–Kier alpha value is -5.24. The Morgan fingerprint density at radius 3 is 1.44 bits per heavy atom. The molecular formula is C28H24N8. The van der Waals surface area contributed by atoms with Gasteiger partial charge < -0.3 is 5.43 Å². The van der Waals surface area contributed by atoms with E-state index in [0.29, 0.717) is 22.1 Å². The van der Waals surface area contributed by atoms with Gasteiger partial charge in [0.2, 0.25) is 0 Å². The molecule has 0 spiro atoms. The van der Waals surface area contributed by atoms with Crippen molar-refractivity contribution in [3.63, 3.8) is 0 Å². The predicted octanol–water partition coefficient (Wildman–Crippen LogP) is 6.27. The lowest BCUT2D eigenvalue weighted by molar-refractivity contribution is 1.06. The van der Waals surface area contributed by atoms with Crippen molar-refractivity contribution in [3.8, 4) is 0 Å². The molecule has 0 aromatic heterocycles. The van der Waals surface area contributed by atoms with Crippen LogP contribution in [0.1, 0.15) is 0 Å². The van der Waals surface area contributed by atoms with E-state index in [1.54, 1.807) is 0 Å². The summed E-state index contributed by atoms with van der Waals surface area (Å²) in [6.07, 6.45) is 0. The van der Waals surface area contributed by atoms with Crippen molar-refractivity contribution in [2.45, 2.75) is 0 Å². The Balaban J connectivity index is 1.55. The molecule has 0 saturated heterocycles. The van der Waals surface area contributed by atoms with Crippen LogP contribution in [0.2, 0.25) is 0 Å². The molecule has 5 aromatic rings. The SMILES string of the molecule is c1ccc(N=Nc2c(NNc3ccccc3)c(=N/Nc3ccccc3)/c2=N/Nc2ccccc2)cc1. The van der Waals surface area contributed by atoms with E-state index in [9.17, 15) is 0 Å². The van der Waals surface area contributed by atoms with Gasteiger partial charge in [-0.05, 0) is 48.5 Å². The van der Waals surface area contributed by atoms with Crippen LogP contribution in [0.5, 0.6) is 0 Å². The minimum Gasteiger partial charge on any atom is -0.301 e. The first-order chi connectivity index (χ1) is 17.9. The molecule has 5 rings (SSSR count). The molecule has 36 heavy (non-hydrogen) atoms. The second kappa shape index (κ2) is 11.3. The molecule has 176 valence electrons. The minimum atomic E-state index is 0.569. The van der Waals surface area contributed by atoms with Gasteiger partial charge in [0.15, 0.2) is 0 Å². The van der Waals surface area contributed by atoms with Gasteiger partial charge in [-0.15, -0.1) is 5.11 Å². The van der Waals surface area contributed by atoms with E-state index in [4.69, 9.17) is 0 Å². The van der Waals surface area contributed by atoms with Gasteiger partial charge in [-0.1, -0.05) is 72.8 Å². The zero-order valence-electron chi connectivity index (χ0n) is 19.3. The Bertz CT molecular complexity index is 1510. The highest BCUT2D eigenvalue weighted by atomic mass is 15.4. The number of hydrazine groups is 1. The van der Waals surface area contributed by atoms with Crippen LogP contribution < -0.4 is 32.4 Å². The van der Waals surface area contributed by atoms with Gasteiger partial charge in [-0.2, -0.15) is 15.3 Å². The third kappa shape index (κ3) is 5.63. The Morgan fingerprint density at radius 2 is 0.889 bits per heavy atom. The number of nitrogens with one attached hydrogen (secondary N) is 4. The van der Waals surface area contributed by atoms with Crippen molar-refractivity contribution in [2.75, 3.05) is 21.7 Å². The van der Waals surface area contributed by atoms with Crippen molar-refractivity contribution in [1.29, 1.82) is 0 Å². The Kier molecular flexibility index (Phi) is 7.05. The fourth-order valence-corrected chi connectivity index (χ4v) is 3.35. The number of nitrogens with zero attached hydrogens (tertiary/aromatic N) is 4. The van der Waals surface area contributed by atoms with Crippen LogP contribution in [0.25, 0.3) is 0 Å². The quantitative estimate of drug-likeness (QED) is 0.150. The summed E-state index contributed by atoms with van der Waals surface area (Å²) < 4.78 is 0. The summed E-state index contributed by atoms with van der Waals surface area (Å²) >= 11 is 0. The van der Waals surface area contributed by atoms with E-state index in [1.807, 2.05) is 121 Å². The standard InChI is InChI=1S/C28H24N8/c1-5-13-21(14-6-1)29-33-25-26(34-30-22-15-7-2-8-16-22)28(36-32-24-19-11-4-12-20-24)27(25)35-31-23-17-9-3-10-18-23/h1-20,29-31,34H/b33-25-,35-27-,36-32?. The van der Waals surface area contributed by atoms with Crippen LogP contribution in [-0.4, -0.2) is 0 Å². The first-order valence-corrected chi connectivity index (χ1v) is 11.4. The molecule has 0 atom stereocenters. The maximum Gasteiger partial charge on any atom is 0.143 e. The summed E-state index contributed by atoms with van der Waals surface area (Å²) in [6, 6.07) is 38.8. The molecular weight excluding hydrogens is 448 g/mol. The Labute approximate surface area is 208 Å². The fraction of sp³-hybridized carbons (Fsp3) is 0. The summed E-state index contributed by atoms with van der Waals surface area (Å²) in [4.78, 5) is 0. The molecule has 0 aliphatic rings. The monoisotopic (exact) mass is 472 g/mol. The summed E-state index contributed by atoms with van der Waals surface area (Å²) in [7, 11) is 0. The van der Waals surface area contributed by atoms with Crippen molar-refractivity contribution in [3.05, 3.63) is 132 Å². The summed E-state index contributed by atoms with van der Waals surface area (Å²) in [5.41, 5.74) is 17.2. The van der Waals surface area contributed by atoms with E-state index in [0.717, 1.165) is 22.7 Å². The number of azo groups is 1. The van der Waals surface area contributed by atoms with Gasteiger partial charge in [0, 0.05) is 0 Å². The van der Waals surface area contributed by atoms with Crippen molar-refractivity contribution < 1.29 is 0 Å². The maximum absolute atomic E-state index is 4.63. The number of rotatable bonds is 9. The molecule has 4 N–H and O–H groups in total. The van der Waals surface area contributed by atoms with Crippen LogP contribution >= 0.6 is 0 Å². The highest BCUT2D eigenvalue weighted by Crippen LogP contribution is 2.23. The van der Waals surface area contributed by atoms with Crippen LogP contribution in [0.3, 0.4) is 0 Å². The first kappa shape index (κ1) is 22.5. The van der Waals surface area contributed by atoms with Crippen LogP contribution in [0.4, 0.5) is 34.1 Å². The molecule has 8 nitrogen and oxygen atoms in total. The molecule has 0 amide bonds. The van der Waals surface area contributed by atoms with Gasteiger partial charge in [-0.3, -0.25) is 16.3 Å². The largest absolute Gasteiger partial charge is 0.301 e. The van der Waals surface area contributed by atoms with Gasteiger partial charge in [0.25, 0.3) is 0 Å². The summed E-state index contributed by atoms with van der Waals surface area (Å²) in [5, 5.41) is 19.3. The number of para-hydroxylation sites is 3. The third-order valence-electron chi connectivity index (χ3n) is 5.19. The average Bonchev–Trinajstić information content (AvgIpc) is 2.94. The second-order valence-corrected chi connectivity index (χ2v) is 7.75. The van der Waals surface area contributed by atoms with E-state index in [2.05, 4.69) is 42.1 Å². The molecule has 5 aromatic carbocycles. The molecule has 8 heteroatoms. The third-order valence-corrected chi connectivity index (χ3v) is 5.19. The van der Waals surface area contributed by atoms with Gasteiger partial charge in [0.1, 0.15) is 22.1 Å². The summed E-state index contributed by atoms with van der Waals surface area (Å²) in [6.45, 7) is 0. The number of hydrogen-bond donors (Lipinski definition) is 4. The number of benzene rings is 4. The van der Waals surface area contributed by atoms with Crippen molar-refractivity contribution in [2.24, 2.45) is 20.4 Å². The lowest BCUT2D eigenvalue weighted by atomic mass is 10.2. The lowest BCUT2D eigenvalue weighted by Gasteiger charge is -2.16. The smallest absolute Gasteiger partial charge is 0.143 e. The first-order valence-electron chi connectivity index (χ1n) is 11.4. The number of anilines is 4. The second-order valence-electron chi connectivity index (χ2n) is 7.75. The van der Waals surface area contributed by atoms with Crippen LogP contribution in [0, 0.1) is 0 Å². The van der Waals surface area contributed by atoms with Gasteiger partial charge >= 0.3 is 0 Å². The zero-order chi connectivity index (χ0) is 24.4. The van der Waals surface area contributed by atoms with Crippen LogP contribution in [-0.2, 0) is 0 Å². The zero-order valence-corrected chi connectivity index (χ0v) is 19.3. The molecule has 0 aliphatic heterocycles. The molecule has 0 fully saturated rings. The molecule has 0 heterocycles. The predicted molar refractivity (Wildman–Crippen MR) is 144 cm³/mol.